The van der Waals surface area contributed by atoms with Crippen molar-refractivity contribution < 1.29 is 18.0 Å². The first kappa shape index (κ1) is 14.2. The van der Waals surface area contributed by atoms with E-state index in [1.165, 1.54) is 6.07 Å². The molecule has 0 N–H and O–H groups in total. The van der Waals surface area contributed by atoms with Crippen molar-refractivity contribution in [1.29, 1.82) is 0 Å². The number of alkyl halides is 3. The van der Waals surface area contributed by atoms with E-state index in [9.17, 15) is 18.0 Å². The molecule has 2 saturated heterocycles. The number of carbonyl (C=O) groups excluding carboxylic acids is 1. The predicted molar refractivity (Wildman–Crippen MR) is 70.8 cm³/mol. The molecule has 7 heteroatoms. The Hall–Kier alpha value is -1.79. The van der Waals surface area contributed by atoms with E-state index in [4.69, 9.17) is 0 Å². The molecule has 0 spiro atoms. The number of hydrogen-bond donors (Lipinski definition) is 0. The van der Waals surface area contributed by atoms with Crippen molar-refractivity contribution in [3.63, 3.8) is 0 Å². The minimum atomic E-state index is -4.39. The molecule has 0 aromatic carbocycles. The van der Waals surface area contributed by atoms with Crippen LogP contribution >= 0.6 is 0 Å². The zero-order chi connectivity index (χ0) is 15.2. The van der Waals surface area contributed by atoms with Crippen LogP contribution in [0.4, 0.5) is 19.0 Å². The highest BCUT2D eigenvalue weighted by molar-refractivity contribution is 5.86. The van der Waals surface area contributed by atoms with Gasteiger partial charge in [-0.25, -0.2) is 4.98 Å². The molecule has 114 valence electrons. The van der Waals surface area contributed by atoms with Crippen LogP contribution in [0, 0.1) is 0 Å². The van der Waals surface area contributed by atoms with E-state index in [1.807, 2.05) is 4.90 Å². The van der Waals surface area contributed by atoms with Gasteiger partial charge in [0, 0.05) is 25.3 Å². The second-order valence-electron chi connectivity index (χ2n) is 5.56. The van der Waals surface area contributed by atoms with E-state index < -0.39 is 11.7 Å². The summed E-state index contributed by atoms with van der Waals surface area (Å²) in [7, 11) is 0. The lowest BCUT2D eigenvalue weighted by atomic mass is 10.1. The minimum absolute atomic E-state index is 0.0328. The predicted octanol–water partition coefficient (Wildman–Crippen LogP) is 2.30. The summed E-state index contributed by atoms with van der Waals surface area (Å²) in [4.78, 5) is 19.9. The Bertz CT molecular complexity index is 543. The van der Waals surface area contributed by atoms with Gasteiger partial charge in [0.1, 0.15) is 11.9 Å². The summed E-state index contributed by atoms with van der Waals surface area (Å²) in [6, 6.07) is 2.12. The van der Waals surface area contributed by atoms with Crippen LogP contribution in [0.15, 0.2) is 18.3 Å². The molecule has 2 fully saturated rings. The van der Waals surface area contributed by atoms with Crippen LogP contribution in [-0.2, 0) is 11.0 Å². The molecule has 3 heterocycles. The maximum atomic E-state index is 12.6. The lowest BCUT2D eigenvalue weighted by Gasteiger charge is -2.42. The van der Waals surface area contributed by atoms with Crippen LogP contribution in [-0.4, -0.2) is 41.0 Å². The molecular formula is C14H16F3N3O. The van der Waals surface area contributed by atoms with E-state index >= 15 is 0 Å². The number of rotatable bonds is 1. The molecule has 4 nitrogen and oxygen atoms in total. The first-order valence-electron chi connectivity index (χ1n) is 6.98. The van der Waals surface area contributed by atoms with Gasteiger partial charge in [0.15, 0.2) is 0 Å². The van der Waals surface area contributed by atoms with Gasteiger partial charge in [0.25, 0.3) is 0 Å². The fourth-order valence-electron chi connectivity index (χ4n) is 3.09. The molecule has 1 amide bonds. The minimum Gasteiger partial charge on any atom is -0.343 e. The number of aromatic nitrogens is 1. The highest BCUT2D eigenvalue weighted by Gasteiger charge is 2.41. The number of nitrogens with zero attached hydrogens (tertiary/aromatic N) is 3. The van der Waals surface area contributed by atoms with Crippen molar-refractivity contribution in [2.45, 2.75) is 38.0 Å². The number of piperazine rings is 1. The molecule has 0 unspecified atom stereocenters. The Morgan fingerprint density at radius 1 is 1.29 bits per heavy atom. The number of pyridine rings is 1. The van der Waals surface area contributed by atoms with Crippen molar-refractivity contribution in [1.82, 2.24) is 9.88 Å². The molecule has 0 radical (unpaired) electrons. The third-order valence-electron chi connectivity index (χ3n) is 4.26. The molecule has 1 aromatic rings. The highest BCUT2D eigenvalue weighted by Crippen LogP contribution is 2.32. The number of anilines is 1. The van der Waals surface area contributed by atoms with Crippen LogP contribution in [0.25, 0.3) is 0 Å². The summed E-state index contributed by atoms with van der Waals surface area (Å²) in [6.45, 7) is 3.18. The lowest BCUT2D eigenvalue weighted by molar-refractivity contribution is -0.138. The monoisotopic (exact) mass is 299 g/mol. The fourth-order valence-corrected chi connectivity index (χ4v) is 3.09. The Balaban J connectivity index is 1.84. The fraction of sp³-hybridized carbons (Fsp3) is 0.571. The summed E-state index contributed by atoms with van der Waals surface area (Å²) in [6.07, 6.45) is -1.64. The second-order valence-corrected chi connectivity index (χ2v) is 5.56. The lowest BCUT2D eigenvalue weighted by Crippen LogP contribution is -2.59. The second kappa shape index (κ2) is 4.89. The number of carbonyl (C=O) groups is 1. The van der Waals surface area contributed by atoms with Gasteiger partial charge in [-0.2, -0.15) is 13.2 Å². The molecule has 1 aromatic heterocycles. The molecule has 0 aliphatic carbocycles. The zero-order valence-corrected chi connectivity index (χ0v) is 11.6. The maximum absolute atomic E-state index is 12.6. The molecule has 2 aliphatic heterocycles. The van der Waals surface area contributed by atoms with E-state index in [0.717, 1.165) is 31.6 Å². The molecule has 21 heavy (non-hydrogen) atoms. The number of fused-ring (bicyclic) bond motifs is 1. The molecule has 2 aliphatic rings. The Morgan fingerprint density at radius 3 is 2.67 bits per heavy atom. The van der Waals surface area contributed by atoms with Gasteiger partial charge in [-0.15, -0.1) is 0 Å². The third kappa shape index (κ3) is 2.45. The number of hydrogen-bond acceptors (Lipinski definition) is 3. The molecule has 0 bridgehead atoms. The van der Waals surface area contributed by atoms with E-state index in [-0.39, 0.29) is 18.0 Å². The van der Waals surface area contributed by atoms with Gasteiger partial charge in [0.05, 0.1) is 5.56 Å². The molecule has 3 rings (SSSR count). The Labute approximate surface area is 120 Å². The number of halogens is 3. The first-order valence-corrected chi connectivity index (χ1v) is 6.98. The molecular weight excluding hydrogens is 283 g/mol. The van der Waals surface area contributed by atoms with Crippen LogP contribution in [0.5, 0.6) is 0 Å². The SMILES string of the molecule is C[C@H]1C(=O)N2CCC[C@H]2CN1c1ccc(C(F)(F)F)cn1. The van der Waals surface area contributed by atoms with Crippen molar-refractivity contribution in [2.75, 3.05) is 18.0 Å². The summed E-state index contributed by atoms with van der Waals surface area (Å²) in [5, 5.41) is 0. The van der Waals surface area contributed by atoms with Gasteiger partial charge in [-0.1, -0.05) is 0 Å². The Morgan fingerprint density at radius 2 is 2.05 bits per heavy atom. The number of amides is 1. The van der Waals surface area contributed by atoms with Gasteiger partial charge in [0.2, 0.25) is 5.91 Å². The van der Waals surface area contributed by atoms with Crippen molar-refractivity contribution in [2.24, 2.45) is 0 Å². The summed E-state index contributed by atoms with van der Waals surface area (Å²) >= 11 is 0. The van der Waals surface area contributed by atoms with Crippen molar-refractivity contribution >= 4 is 11.7 Å². The van der Waals surface area contributed by atoms with E-state index in [2.05, 4.69) is 4.98 Å². The van der Waals surface area contributed by atoms with Gasteiger partial charge < -0.3 is 9.80 Å². The topological polar surface area (TPSA) is 36.4 Å². The van der Waals surface area contributed by atoms with Crippen LogP contribution in [0.1, 0.15) is 25.3 Å². The summed E-state index contributed by atoms with van der Waals surface area (Å²) in [5.74, 6) is 0.459. The average molecular weight is 299 g/mol. The summed E-state index contributed by atoms with van der Waals surface area (Å²) < 4.78 is 37.7. The van der Waals surface area contributed by atoms with E-state index in [0.29, 0.717) is 12.4 Å². The Kier molecular flexibility index (Phi) is 3.30. The largest absolute Gasteiger partial charge is 0.417 e. The van der Waals surface area contributed by atoms with Crippen LogP contribution < -0.4 is 4.90 Å². The van der Waals surface area contributed by atoms with Crippen molar-refractivity contribution in [3.8, 4) is 0 Å². The normalized spacial score (nSPS) is 26.2. The smallest absolute Gasteiger partial charge is 0.343 e. The highest BCUT2D eigenvalue weighted by atomic mass is 19.4. The standard InChI is InChI=1S/C14H16F3N3O/c1-9-13(21)19-6-2-3-11(19)8-20(9)12-5-4-10(7-18-12)14(15,16)17/h4-5,7,9,11H,2-3,6,8H2,1H3/t9-,11-/m0/s1. The van der Waals surface area contributed by atoms with Gasteiger partial charge >= 0.3 is 6.18 Å². The molecule has 0 saturated carbocycles. The summed E-state index contributed by atoms with van der Waals surface area (Å²) in [5.41, 5.74) is -0.773. The van der Waals surface area contributed by atoms with Crippen molar-refractivity contribution in [3.05, 3.63) is 23.9 Å². The third-order valence-corrected chi connectivity index (χ3v) is 4.26. The zero-order valence-electron chi connectivity index (χ0n) is 11.6. The first-order chi connectivity index (χ1) is 9.88. The van der Waals surface area contributed by atoms with Gasteiger partial charge in [-0.05, 0) is 31.9 Å². The van der Waals surface area contributed by atoms with Gasteiger partial charge in [-0.3, -0.25) is 4.79 Å². The van der Waals surface area contributed by atoms with E-state index in [1.54, 1.807) is 11.8 Å². The quantitative estimate of drug-likeness (QED) is 0.798. The molecule has 2 atom stereocenters. The van der Waals surface area contributed by atoms with Crippen LogP contribution in [0.2, 0.25) is 0 Å². The van der Waals surface area contributed by atoms with Crippen LogP contribution in [0.3, 0.4) is 0 Å². The maximum Gasteiger partial charge on any atom is 0.417 e. The average Bonchev–Trinajstić information content (AvgIpc) is 2.90.